The molecule has 0 bridgehead atoms. The van der Waals surface area contributed by atoms with E-state index < -0.39 is 11.8 Å². The average Bonchev–Trinajstić information content (AvgIpc) is 3.31. The third-order valence-corrected chi connectivity index (χ3v) is 6.89. The van der Waals surface area contributed by atoms with Crippen LogP contribution in [0.4, 0.5) is 0 Å². The van der Waals surface area contributed by atoms with E-state index in [2.05, 4.69) is 5.32 Å². The van der Waals surface area contributed by atoms with Crippen LogP contribution in [0.3, 0.4) is 0 Å². The lowest BCUT2D eigenvalue weighted by Crippen LogP contribution is -2.60. The summed E-state index contributed by atoms with van der Waals surface area (Å²) >= 11 is 0. The lowest BCUT2D eigenvalue weighted by molar-refractivity contribution is -0.128. The van der Waals surface area contributed by atoms with Gasteiger partial charge in [-0.05, 0) is 48.5 Å². The molecule has 1 spiro atoms. The molecule has 2 fully saturated rings. The summed E-state index contributed by atoms with van der Waals surface area (Å²) in [6.07, 6.45) is 0.775. The lowest BCUT2D eigenvalue weighted by Gasteiger charge is -2.44. The highest BCUT2D eigenvalue weighted by atomic mass is 16.5. The highest BCUT2D eigenvalue weighted by molar-refractivity contribution is 5.99. The van der Waals surface area contributed by atoms with Crippen LogP contribution < -0.4 is 14.8 Å². The largest absolute Gasteiger partial charge is 0.497 e. The molecule has 0 saturated carbocycles. The highest BCUT2D eigenvalue weighted by Crippen LogP contribution is 2.39. The van der Waals surface area contributed by atoms with Gasteiger partial charge >= 0.3 is 0 Å². The monoisotopic (exact) mass is 511 g/mol. The van der Waals surface area contributed by atoms with Crippen molar-refractivity contribution in [3.05, 3.63) is 59.7 Å². The summed E-state index contributed by atoms with van der Waals surface area (Å²) in [6, 6.07) is 12.9. The summed E-state index contributed by atoms with van der Waals surface area (Å²) in [7, 11) is 4.69. The lowest BCUT2D eigenvalue weighted by atomic mass is 9.96. The molecule has 2 aliphatic rings. The minimum atomic E-state index is -0.989. The normalized spacial score (nSPS) is 18.5. The quantitative estimate of drug-likeness (QED) is 0.540. The van der Waals surface area contributed by atoms with Crippen molar-refractivity contribution in [3.8, 4) is 11.5 Å². The number of hydrogen-bond acceptors (Lipinski definition) is 7. The van der Waals surface area contributed by atoms with Gasteiger partial charge in [-0.3, -0.25) is 19.3 Å². The van der Waals surface area contributed by atoms with Crippen molar-refractivity contribution in [1.82, 2.24) is 15.1 Å². The zero-order valence-electron chi connectivity index (χ0n) is 21.4. The number of benzene rings is 2. The molecule has 0 aromatic heterocycles. The van der Waals surface area contributed by atoms with Crippen molar-refractivity contribution in [2.24, 2.45) is 0 Å². The van der Waals surface area contributed by atoms with Crippen LogP contribution in [0.25, 0.3) is 0 Å². The number of nitrogens with one attached hydrogen (secondary N) is 1. The molecule has 10 heteroatoms. The summed E-state index contributed by atoms with van der Waals surface area (Å²) in [5.41, 5.74) is -0.000460. The topological polar surface area (TPSA) is 107 Å². The first-order valence-corrected chi connectivity index (χ1v) is 12.2. The number of amides is 3. The van der Waals surface area contributed by atoms with Crippen molar-refractivity contribution in [2.45, 2.75) is 24.6 Å². The fourth-order valence-electron chi connectivity index (χ4n) is 4.81. The number of carbonyl (C=O) groups excluding carboxylic acids is 3. The summed E-state index contributed by atoms with van der Waals surface area (Å²) in [4.78, 5) is 43.2. The van der Waals surface area contributed by atoms with Crippen LogP contribution >= 0.6 is 0 Å². The number of carbonyl (C=O) groups is 3. The number of ether oxygens (including phenoxy) is 4. The van der Waals surface area contributed by atoms with Crippen LogP contribution in [0, 0.1) is 0 Å². The van der Waals surface area contributed by atoms with E-state index in [1.165, 1.54) is 0 Å². The van der Waals surface area contributed by atoms with E-state index in [1.54, 1.807) is 79.7 Å². The predicted molar refractivity (Wildman–Crippen MR) is 135 cm³/mol. The molecule has 4 rings (SSSR count). The third kappa shape index (κ3) is 5.55. The maximum Gasteiger partial charge on any atom is 0.256 e. The Bertz CT molecular complexity index is 1100. The Hall–Kier alpha value is -3.63. The van der Waals surface area contributed by atoms with Gasteiger partial charge in [-0.1, -0.05) is 0 Å². The molecule has 198 valence electrons. The van der Waals surface area contributed by atoms with Crippen LogP contribution in [-0.4, -0.2) is 93.5 Å². The number of nitrogens with zero attached hydrogens (tertiary/aromatic N) is 2. The second kappa shape index (κ2) is 11.6. The number of rotatable bonds is 8. The Morgan fingerprint density at radius 2 is 1.43 bits per heavy atom. The fourth-order valence-corrected chi connectivity index (χ4v) is 4.81. The molecule has 2 heterocycles. The second-order valence-electron chi connectivity index (χ2n) is 8.98. The molecule has 0 radical (unpaired) electrons. The Balaban J connectivity index is 1.53. The van der Waals surface area contributed by atoms with Crippen molar-refractivity contribution < 1.29 is 33.3 Å². The van der Waals surface area contributed by atoms with E-state index in [0.29, 0.717) is 61.7 Å². The van der Waals surface area contributed by atoms with E-state index in [0.717, 1.165) is 0 Å². The van der Waals surface area contributed by atoms with Gasteiger partial charge in [-0.2, -0.15) is 0 Å². The summed E-state index contributed by atoms with van der Waals surface area (Å²) in [5.74, 6) is 0.603. The molecule has 1 N–H and O–H groups in total. The molecule has 2 aliphatic heterocycles. The van der Waals surface area contributed by atoms with E-state index >= 15 is 0 Å². The molecule has 2 aromatic carbocycles. The highest BCUT2D eigenvalue weighted by Gasteiger charge is 2.54. The molecule has 1 atom stereocenters. The molecule has 0 aliphatic carbocycles. The zero-order valence-corrected chi connectivity index (χ0v) is 21.4. The van der Waals surface area contributed by atoms with Gasteiger partial charge in [0.2, 0.25) is 5.91 Å². The Morgan fingerprint density at radius 3 is 1.95 bits per heavy atom. The SMILES string of the molecule is COCCNC(=O)[C@@H]1COC2(CCN(C(=O)c3ccc(OC)cc3)CC2)N1C(=O)c1ccc(OC)cc1. The number of piperidine rings is 1. The van der Waals surface area contributed by atoms with E-state index in [9.17, 15) is 14.4 Å². The van der Waals surface area contributed by atoms with Crippen LogP contribution in [-0.2, 0) is 14.3 Å². The molecule has 10 nitrogen and oxygen atoms in total. The molecule has 37 heavy (non-hydrogen) atoms. The smallest absolute Gasteiger partial charge is 0.256 e. The van der Waals surface area contributed by atoms with Crippen LogP contribution in [0.5, 0.6) is 11.5 Å². The standard InChI is InChI=1S/C27H33N3O7/c1-34-17-14-28-24(31)23-18-37-27(30(23)26(33)20-6-10-22(36-3)11-7-20)12-15-29(16-13-27)25(32)19-4-8-21(35-2)9-5-19/h4-11,23H,12-18H2,1-3H3,(H,28,31)/t23-/m0/s1. The van der Waals surface area contributed by atoms with Gasteiger partial charge in [0.1, 0.15) is 23.3 Å². The van der Waals surface area contributed by atoms with Gasteiger partial charge in [0.25, 0.3) is 11.8 Å². The van der Waals surface area contributed by atoms with Crippen molar-refractivity contribution in [2.75, 3.05) is 54.2 Å². The molecule has 2 saturated heterocycles. The van der Waals surface area contributed by atoms with Gasteiger partial charge in [0.05, 0.1) is 27.4 Å². The molecule has 2 aromatic rings. The summed E-state index contributed by atoms with van der Waals surface area (Å²) in [6.45, 7) is 1.53. The Kier molecular flexibility index (Phi) is 8.30. The third-order valence-electron chi connectivity index (χ3n) is 6.89. The molecular weight excluding hydrogens is 478 g/mol. The van der Waals surface area contributed by atoms with Crippen molar-refractivity contribution in [1.29, 1.82) is 0 Å². The maximum atomic E-state index is 13.8. The first kappa shape index (κ1) is 26.4. The minimum absolute atomic E-state index is 0.0765. The van der Waals surface area contributed by atoms with Gasteiger partial charge in [-0.15, -0.1) is 0 Å². The number of hydrogen-bond donors (Lipinski definition) is 1. The summed E-state index contributed by atoms with van der Waals surface area (Å²) < 4.78 is 21.6. The van der Waals surface area contributed by atoms with E-state index in [1.807, 2.05) is 0 Å². The Morgan fingerprint density at radius 1 is 0.892 bits per heavy atom. The van der Waals surface area contributed by atoms with E-state index in [4.69, 9.17) is 18.9 Å². The number of likely N-dealkylation sites (tertiary alicyclic amines) is 1. The second-order valence-corrected chi connectivity index (χ2v) is 8.98. The fraction of sp³-hybridized carbons (Fsp3) is 0.444. The van der Waals surface area contributed by atoms with Crippen molar-refractivity contribution >= 4 is 17.7 Å². The van der Waals surface area contributed by atoms with Gasteiger partial charge in [-0.25, -0.2) is 0 Å². The minimum Gasteiger partial charge on any atom is -0.497 e. The zero-order chi connectivity index (χ0) is 26.4. The summed E-state index contributed by atoms with van der Waals surface area (Å²) in [5, 5.41) is 2.83. The first-order valence-electron chi connectivity index (χ1n) is 12.2. The van der Waals surface area contributed by atoms with Gasteiger partial charge < -0.3 is 29.2 Å². The maximum absolute atomic E-state index is 13.8. The van der Waals surface area contributed by atoms with Gasteiger partial charge in [0.15, 0.2) is 0 Å². The van der Waals surface area contributed by atoms with Crippen molar-refractivity contribution in [3.63, 3.8) is 0 Å². The van der Waals surface area contributed by atoms with Gasteiger partial charge in [0, 0.05) is 50.7 Å². The first-order chi connectivity index (χ1) is 17.9. The van der Waals surface area contributed by atoms with Crippen LogP contribution in [0.1, 0.15) is 33.6 Å². The predicted octanol–water partition coefficient (Wildman–Crippen LogP) is 1.94. The molecule has 3 amide bonds. The average molecular weight is 512 g/mol. The molecule has 0 unspecified atom stereocenters. The number of methoxy groups -OCH3 is 3. The van der Waals surface area contributed by atoms with Crippen LogP contribution in [0.2, 0.25) is 0 Å². The Labute approximate surface area is 216 Å². The molecular formula is C27H33N3O7. The van der Waals surface area contributed by atoms with E-state index in [-0.39, 0.29) is 24.3 Å². The van der Waals surface area contributed by atoms with Crippen LogP contribution in [0.15, 0.2) is 48.5 Å².